The van der Waals surface area contributed by atoms with Gasteiger partial charge in [0.05, 0.1) is 11.8 Å². The normalized spacial score (nSPS) is 10.2. The molecule has 2 rings (SSSR count). The number of ketones is 1. The number of hydrogen-bond acceptors (Lipinski definition) is 3. The topological polar surface area (TPSA) is 59.1 Å². The molecular formula is C14H10F2N2O2. The number of carbonyl (C=O) groups excluding carboxylic acids is 2. The average molecular weight is 276 g/mol. The van der Waals surface area contributed by atoms with Gasteiger partial charge in [-0.1, -0.05) is 0 Å². The molecule has 0 aliphatic heterocycles. The van der Waals surface area contributed by atoms with Crippen LogP contribution in [0.3, 0.4) is 0 Å². The molecule has 1 amide bonds. The maximum Gasteiger partial charge on any atom is 0.274 e. The molecule has 0 radical (unpaired) electrons. The Morgan fingerprint density at radius 2 is 1.90 bits per heavy atom. The first-order valence-electron chi connectivity index (χ1n) is 5.71. The van der Waals surface area contributed by atoms with E-state index >= 15 is 0 Å². The molecule has 0 saturated heterocycles. The van der Waals surface area contributed by atoms with Crippen LogP contribution < -0.4 is 5.32 Å². The van der Waals surface area contributed by atoms with Crippen LogP contribution in [0.15, 0.2) is 36.5 Å². The van der Waals surface area contributed by atoms with E-state index in [1.807, 2.05) is 0 Å². The molecule has 0 fully saturated rings. The number of anilines is 1. The van der Waals surface area contributed by atoms with Crippen molar-refractivity contribution in [2.24, 2.45) is 0 Å². The molecule has 102 valence electrons. The standard InChI is InChI=1S/C14H10F2N2O2/c1-8(19)11-6-10(3-4-12(11)16)18-14(20)13-5-2-9(15)7-17-13/h2-7H,1H3,(H,18,20). The van der Waals surface area contributed by atoms with Gasteiger partial charge in [-0.3, -0.25) is 9.59 Å². The molecule has 0 spiro atoms. The maximum absolute atomic E-state index is 13.3. The quantitative estimate of drug-likeness (QED) is 0.877. The largest absolute Gasteiger partial charge is 0.321 e. The van der Waals surface area contributed by atoms with Gasteiger partial charge in [0, 0.05) is 5.69 Å². The summed E-state index contributed by atoms with van der Waals surface area (Å²) in [5.41, 5.74) is 0.155. The second kappa shape index (κ2) is 5.56. The van der Waals surface area contributed by atoms with Crippen molar-refractivity contribution in [1.29, 1.82) is 0 Å². The van der Waals surface area contributed by atoms with Crippen LogP contribution in [0.25, 0.3) is 0 Å². The number of Topliss-reactive ketones (excluding diaryl/α,β-unsaturated/α-hetero) is 1. The third kappa shape index (κ3) is 3.03. The number of carbonyl (C=O) groups is 2. The van der Waals surface area contributed by atoms with Gasteiger partial charge in [-0.25, -0.2) is 13.8 Å². The zero-order valence-electron chi connectivity index (χ0n) is 10.5. The molecule has 0 saturated carbocycles. The van der Waals surface area contributed by atoms with Crippen molar-refractivity contribution >= 4 is 17.4 Å². The zero-order chi connectivity index (χ0) is 14.7. The summed E-state index contributed by atoms with van der Waals surface area (Å²) in [6.07, 6.45) is 0.917. The molecule has 20 heavy (non-hydrogen) atoms. The molecule has 2 aromatic rings. The molecule has 0 aliphatic rings. The van der Waals surface area contributed by atoms with Crippen molar-refractivity contribution in [3.63, 3.8) is 0 Å². The van der Waals surface area contributed by atoms with E-state index in [-0.39, 0.29) is 16.9 Å². The molecule has 6 heteroatoms. The van der Waals surface area contributed by atoms with Crippen LogP contribution in [-0.4, -0.2) is 16.7 Å². The molecule has 1 aromatic heterocycles. The maximum atomic E-state index is 13.3. The van der Waals surface area contributed by atoms with Crippen LogP contribution in [0.4, 0.5) is 14.5 Å². The highest BCUT2D eigenvalue weighted by Gasteiger charge is 2.11. The number of nitrogens with one attached hydrogen (secondary N) is 1. The lowest BCUT2D eigenvalue weighted by Gasteiger charge is -2.06. The summed E-state index contributed by atoms with van der Waals surface area (Å²) in [5, 5.41) is 2.46. The molecular weight excluding hydrogens is 266 g/mol. The van der Waals surface area contributed by atoms with Crippen LogP contribution in [0.2, 0.25) is 0 Å². The van der Waals surface area contributed by atoms with Crippen LogP contribution in [0.5, 0.6) is 0 Å². The number of rotatable bonds is 3. The van der Waals surface area contributed by atoms with Gasteiger partial charge in [-0.05, 0) is 37.3 Å². The molecule has 0 aliphatic carbocycles. The van der Waals surface area contributed by atoms with Crippen molar-refractivity contribution in [2.45, 2.75) is 6.92 Å². The highest BCUT2D eigenvalue weighted by molar-refractivity contribution is 6.03. The van der Waals surface area contributed by atoms with Gasteiger partial charge < -0.3 is 5.32 Å². The Balaban J connectivity index is 2.21. The third-order valence-corrected chi connectivity index (χ3v) is 2.56. The lowest BCUT2D eigenvalue weighted by Crippen LogP contribution is -2.14. The zero-order valence-corrected chi connectivity index (χ0v) is 10.5. The second-order valence-electron chi connectivity index (χ2n) is 4.07. The SMILES string of the molecule is CC(=O)c1cc(NC(=O)c2ccc(F)cn2)ccc1F. The highest BCUT2D eigenvalue weighted by atomic mass is 19.1. The Morgan fingerprint density at radius 1 is 1.15 bits per heavy atom. The Morgan fingerprint density at radius 3 is 2.50 bits per heavy atom. The van der Waals surface area contributed by atoms with Crippen molar-refractivity contribution in [1.82, 2.24) is 4.98 Å². The van der Waals surface area contributed by atoms with Gasteiger partial charge in [-0.15, -0.1) is 0 Å². The van der Waals surface area contributed by atoms with Crippen molar-refractivity contribution < 1.29 is 18.4 Å². The van der Waals surface area contributed by atoms with E-state index < -0.39 is 23.3 Å². The molecule has 4 nitrogen and oxygen atoms in total. The van der Waals surface area contributed by atoms with Gasteiger partial charge in [0.25, 0.3) is 5.91 Å². The molecule has 0 atom stereocenters. The van der Waals surface area contributed by atoms with Crippen LogP contribution in [0, 0.1) is 11.6 Å². The van der Waals surface area contributed by atoms with E-state index in [2.05, 4.69) is 10.3 Å². The monoisotopic (exact) mass is 276 g/mol. The van der Waals surface area contributed by atoms with Crippen LogP contribution in [-0.2, 0) is 0 Å². The summed E-state index contributed by atoms with van der Waals surface area (Å²) >= 11 is 0. The van der Waals surface area contributed by atoms with E-state index in [0.717, 1.165) is 18.3 Å². The van der Waals surface area contributed by atoms with E-state index in [0.29, 0.717) is 0 Å². The number of amides is 1. The van der Waals surface area contributed by atoms with Gasteiger partial charge in [0.1, 0.15) is 17.3 Å². The van der Waals surface area contributed by atoms with Crippen molar-refractivity contribution in [2.75, 3.05) is 5.32 Å². The van der Waals surface area contributed by atoms with E-state index in [4.69, 9.17) is 0 Å². The van der Waals surface area contributed by atoms with Gasteiger partial charge in [-0.2, -0.15) is 0 Å². The lowest BCUT2D eigenvalue weighted by atomic mass is 10.1. The van der Waals surface area contributed by atoms with Gasteiger partial charge >= 0.3 is 0 Å². The summed E-state index contributed by atoms with van der Waals surface area (Å²) in [5.74, 6) is -2.23. The van der Waals surface area contributed by atoms with Crippen molar-refractivity contribution in [3.8, 4) is 0 Å². The summed E-state index contributed by atoms with van der Waals surface area (Å²) < 4.78 is 26.0. The Kier molecular flexibility index (Phi) is 3.84. The summed E-state index contributed by atoms with van der Waals surface area (Å²) in [7, 11) is 0. The number of nitrogens with zero attached hydrogens (tertiary/aromatic N) is 1. The van der Waals surface area contributed by atoms with E-state index in [9.17, 15) is 18.4 Å². The Bertz CT molecular complexity index is 669. The Hall–Kier alpha value is -2.63. The van der Waals surface area contributed by atoms with Crippen LogP contribution in [0.1, 0.15) is 27.8 Å². The number of pyridine rings is 1. The first kappa shape index (κ1) is 13.8. The number of aromatic nitrogens is 1. The minimum Gasteiger partial charge on any atom is -0.321 e. The van der Waals surface area contributed by atoms with Crippen LogP contribution >= 0.6 is 0 Å². The molecule has 0 bridgehead atoms. The predicted octanol–water partition coefficient (Wildman–Crippen LogP) is 2.81. The fourth-order valence-electron chi connectivity index (χ4n) is 1.58. The van der Waals surface area contributed by atoms with Gasteiger partial charge in [0.15, 0.2) is 5.78 Å². The minimum atomic E-state index is -0.657. The Labute approximate surface area is 113 Å². The molecule has 1 N–H and O–H groups in total. The lowest BCUT2D eigenvalue weighted by molar-refractivity contribution is 0.100. The van der Waals surface area contributed by atoms with E-state index in [1.54, 1.807) is 0 Å². The number of benzene rings is 1. The first-order chi connectivity index (χ1) is 9.47. The fraction of sp³-hybridized carbons (Fsp3) is 0.0714. The second-order valence-corrected chi connectivity index (χ2v) is 4.07. The average Bonchev–Trinajstić information content (AvgIpc) is 2.41. The van der Waals surface area contributed by atoms with E-state index in [1.165, 1.54) is 25.1 Å². The number of halogens is 2. The molecule has 1 aromatic carbocycles. The smallest absolute Gasteiger partial charge is 0.274 e. The minimum absolute atomic E-state index is 0.0140. The number of hydrogen-bond donors (Lipinski definition) is 1. The molecule has 1 heterocycles. The highest BCUT2D eigenvalue weighted by Crippen LogP contribution is 2.16. The fourth-order valence-corrected chi connectivity index (χ4v) is 1.58. The van der Waals surface area contributed by atoms with Gasteiger partial charge in [0.2, 0.25) is 0 Å². The van der Waals surface area contributed by atoms with Crippen molar-refractivity contribution in [3.05, 3.63) is 59.4 Å². The summed E-state index contributed by atoms with van der Waals surface area (Å²) in [6.45, 7) is 1.23. The first-order valence-corrected chi connectivity index (χ1v) is 5.71. The summed E-state index contributed by atoms with van der Waals surface area (Å²) in [4.78, 5) is 26.6. The molecule has 0 unspecified atom stereocenters. The summed E-state index contributed by atoms with van der Waals surface area (Å²) in [6, 6.07) is 5.97. The third-order valence-electron chi connectivity index (χ3n) is 2.56. The predicted molar refractivity (Wildman–Crippen MR) is 68.6 cm³/mol.